The number of ether oxygens (including phenoxy) is 1. The zero-order valence-electron chi connectivity index (χ0n) is 17.7. The molecule has 31 heavy (non-hydrogen) atoms. The third-order valence-electron chi connectivity index (χ3n) is 4.89. The SMILES string of the molecule is COc1cccc(CC(C)NC(=O)C(Cc2ccccc2)NC(=O)c2cccnc2)c1. The number of carbonyl (C=O) groups excluding carboxylic acids is 2. The lowest BCUT2D eigenvalue weighted by molar-refractivity contribution is -0.123. The molecule has 1 aromatic heterocycles. The van der Waals surface area contributed by atoms with Crippen molar-refractivity contribution in [2.24, 2.45) is 0 Å². The molecule has 0 aliphatic rings. The van der Waals surface area contributed by atoms with Gasteiger partial charge in [-0.05, 0) is 48.7 Å². The smallest absolute Gasteiger partial charge is 0.253 e. The summed E-state index contributed by atoms with van der Waals surface area (Å²) >= 11 is 0. The quantitative estimate of drug-likeness (QED) is 0.560. The number of carbonyl (C=O) groups is 2. The van der Waals surface area contributed by atoms with E-state index in [-0.39, 0.29) is 17.9 Å². The van der Waals surface area contributed by atoms with E-state index in [2.05, 4.69) is 15.6 Å². The highest BCUT2D eigenvalue weighted by atomic mass is 16.5. The van der Waals surface area contributed by atoms with Crippen molar-refractivity contribution in [1.29, 1.82) is 0 Å². The second kappa shape index (κ2) is 10.9. The van der Waals surface area contributed by atoms with Gasteiger partial charge in [0.2, 0.25) is 5.91 Å². The van der Waals surface area contributed by atoms with Crippen LogP contribution in [0, 0.1) is 0 Å². The summed E-state index contributed by atoms with van der Waals surface area (Å²) in [4.78, 5) is 29.7. The van der Waals surface area contributed by atoms with Gasteiger partial charge < -0.3 is 15.4 Å². The lowest BCUT2D eigenvalue weighted by atomic mass is 10.0. The maximum Gasteiger partial charge on any atom is 0.253 e. The first kappa shape index (κ1) is 22.0. The molecule has 0 spiro atoms. The average Bonchev–Trinajstić information content (AvgIpc) is 2.79. The van der Waals surface area contributed by atoms with Crippen molar-refractivity contribution >= 4 is 11.8 Å². The number of nitrogens with one attached hydrogen (secondary N) is 2. The van der Waals surface area contributed by atoms with Crippen LogP contribution in [-0.4, -0.2) is 36.0 Å². The Hall–Kier alpha value is -3.67. The number of hydrogen-bond donors (Lipinski definition) is 2. The summed E-state index contributed by atoms with van der Waals surface area (Å²) in [6, 6.07) is 19.9. The normalized spacial score (nSPS) is 12.5. The highest BCUT2D eigenvalue weighted by molar-refractivity contribution is 5.97. The van der Waals surface area contributed by atoms with E-state index in [1.165, 1.54) is 6.20 Å². The molecule has 3 aromatic rings. The Morgan fingerprint density at radius 3 is 2.42 bits per heavy atom. The monoisotopic (exact) mass is 417 g/mol. The number of hydrogen-bond acceptors (Lipinski definition) is 4. The molecule has 6 heteroatoms. The summed E-state index contributed by atoms with van der Waals surface area (Å²) in [5, 5.41) is 5.89. The summed E-state index contributed by atoms with van der Waals surface area (Å²) in [6.07, 6.45) is 4.13. The van der Waals surface area contributed by atoms with Gasteiger partial charge in [0.05, 0.1) is 12.7 Å². The fourth-order valence-electron chi connectivity index (χ4n) is 3.35. The minimum atomic E-state index is -0.706. The molecule has 0 fully saturated rings. The van der Waals surface area contributed by atoms with E-state index in [1.54, 1.807) is 25.4 Å². The first-order valence-corrected chi connectivity index (χ1v) is 10.2. The third kappa shape index (κ3) is 6.67. The molecule has 2 amide bonds. The molecule has 160 valence electrons. The van der Waals surface area contributed by atoms with Gasteiger partial charge in [0.15, 0.2) is 0 Å². The predicted molar refractivity (Wildman–Crippen MR) is 120 cm³/mol. The van der Waals surface area contributed by atoms with Crippen LogP contribution < -0.4 is 15.4 Å². The number of aromatic nitrogens is 1. The molecular formula is C25H27N3O3. The second-order valence-electron chi connectivity index (χ2n) is 7.42. The predicted octanol–water partition coefficient (Wildman–Crippen LogP) is 3.18. The highest BCUT2D eigenvalue weighted by Crippen LogP contribution is 2.14. The zero-order chi connectivity index (χ0) is 22.1. The molecule has 6 nitrogen and oxygen atoms in total. The Morgan fingerprint density at radius 1 is 0.935 bits per heavy atom. The van der Waals surface area contributed by atoms with Gasteiger partial charge in [-0.3, -0.25) is 14.6 Å². The molecule has 2 unspecified atom stereocenters. The van der Waals surface area contributed by atoms with Crippen molar-refractivity contribution in [3.63, 3.8) is 0 Å². The van der Waals surface area contributed by atoms with Crippen molar-refractivity contribution in [2.75, 3.05) is 7.11 Å². The molecule has 2 atom stereocenters. The summed E-state index contributed by atoms with van der Waals surface area (Å²) in [5.41, 5.74) is 2.44. The molecule has 3 rings (SSSR count). The fourth-order valence-corrected chi connectivity index (χ4v) is 3.35. The molecule has 2 N–H and O–H groups in total. The number of amides is 2. The second-order valence-corrected chi connectivity index (χ2v) is 7.42. The first-order chi connectivity index (χ1) is 15.0. The Balaban J connectivity index is 1.69. The standard InChI is InChI=1S/C25H27N3O3/c1-18(14-20-10-6-12-22(15-20)31-2)27-25(30)23(16-19-8-4-3-5-9-19)28-24(29)21-11-7-13-26-17-21/h3-13,15,17-18,23H,14,16H2,1-2H3,(H,27,30)(H,28,29). The summed E-state index contributed by atoms with van der Waals surface area (Å²) in [7, 11) is 1.63. The van der Waals surface area contributed by atoms with Gasteiger partial charge in [-0.1, -0.05) is 42.5 Å². The van der Waals surface area contributed by atoms with Crippen LogP contribution in [0.25, 0.3) is 0 Å². The molecule has 0 radical (unpaired) electrons. The van der Waals surface area contributed by atoms with Crippen molar-refractivity contribution in [3.05, 3.63) is 95.8 Å². The van der Waals surface area contributed by atoms with Gasteiger partial charge in [0.25, 0.3) is 5.91 Å². The average molecular weight is 418 g/mol. The topological polar surface area (TPSA) is 80.3 Å². The van der Waals surface area contributed by atoms with Crippen LogP contribution in [-0.2, 0) is 17.6 Å². The van der Waals surface area contributed by atoms with Crippen LogP contribution in [0.3, 0.4) is 0 Å². The Morgan fingerprint density at radius 2 is 1.71 bits per heavy atom. The summed E-state index contributed by atoms with van der Waals surface area (Å²) < 4.78 is 5.27. The number of nitrogens with zero attached hydrogens (tertiary/aromatic N) is 1. The molecular weight excluding hydrogens is 390 g/mol. The van der Waals surface area contributed by atoms with E-state index < -0.39 is 6.04 Å². The largest absolute Gasteiger partial charge is 0.497 e. The van der Waals surface area contributed by atoms with Gasteiger partial charge in [-0.25, -0.2) is 0 Å². The number of pyridine rings is 1. The van der Waals surface area contributed by atoms with E-state index in [1.807, 2.05) is 61.5 Å². The van der Waals surface area contributed by atoms with Gasteiger partial charge >= 0.3 is 0 Å². The Labute approximate surface area is 182 Å². The molecule has 0 saturated carbocycles. The molecule has 0 aliphatic carbocycles. The van der Waals surface area contributed by atoms with Crippen molar-refractivity contribution in [2.45, 2.75) is 31.8 Å². The molecule has 1 heterocycles. The van der Waals surface area contributed by atoms with Crippen LogP contribution in [0.4, 0.5) is 0 Å². The first-order valence-electron chi connectivity index (χ1n) is 10.2. The van der Waals surface area contributed by atoms with Crippen LogP contribution in [0.5, 0.6) is 5.75 Å². The number of methoxy groups -OCH3 is 1. The van der Waals surface area contributed by atoms with E-state index in [9.17, 15) is 9.59 Å². The third-order valence-corrected chi connectivity index (χ3v) is 4.89. The molecule has 2 aromatic carbocycles. The van der Waals surface area contributed by atoms with E-state index in [0.717, 1.165) is 16.9 Å². The summed E-state index contributed by atoms with van der Waals surface area (Å²) in [6.45, 7) is 1.94. The molecule has 0 bridgehead atoms. The Bertz CT molecular complexity index is 993. The maximum atomic E-state index is 13.1. The minimum Gasteiger partial charge on any atom is -0.497 e. The van der Waals surface area contributed by atoms with E-state index in [0.29, 0.717) is 18.4 Å². The maximum absolute atomic E-state index is 13.1. The van der Waals surface area contributed by atoms with Gasteiger partial charge in [0.1, 0.15) is 11.8 Å². The fraction of sp³-hybridized carbons (Fsp3) is 0.240. The summed E-state index contributed by atoms with van der Waals surface area (Å²) in [5.74, 6) is 0.225. The minimum absolute atomic E-state index is 0.117. The van der Waals surface area contributed by atoms with E-state index >= 15 is 0 Å². The lowest BCUT2D eigenvalue weighted by Crippen LogP contribution is -2.50. The van der Waals surface area contributed by atoms with Crippen molar-refractivity contribution in [1.82, 2.24) is 15.6 Å². The van der Waals surface area contributed by atoms with Crippen LogP contribution >= 0.6 is 0 Å². The highest BCUT2D eigenvalue weighted by Gasteiger charge is 2.23. The van der Waals surface area contributed by atoms with Crippen LogP contribution in [0.2, 0.25) is 0 Å². The Kier molecular flexibility index (Phi) is 7.76. The molecule has 0 aliphatic heterocycles. The van der Waals surface area contributed by atoms with E-state index in [4.69, 9.17) is 4.74 Å². The molecule has 0 saturated heterocycles. The number of benzene rings is 2. The number of rotatable bonds is 9. The lowest BCUT2D eigenvalue weighted by Gasteiger charge is -2.22. The van der Waals surface area contributed by atoms with Crippen LogP contribution in [0.1, 0.15) is 28.4 Å². The zero-order valence-corrected chi connectivity index (χ0v) is 17.7. The van der Waals surface area contributed by atoms with Crippen molar-refractivity contribution < 1.29 is 14.3 Å². The van der Waals surface area contributed by atoms with Gasteiger partial charge in [-0.15, -0.1) is 0 Å². The van der Waals surface area contributed by atoms with Gasteiger partial charge in [0, 0.05) is 24.9 Å². The van der Waals surface area contributed by atoms with Gasteiger partial charge in [-0.2, -0.15) is 0 Å². The van der Waals surface area contributed by atoms with Crippen LogP contribution in [0.15, 0.2) is 79.1 Å². The van der Waals surface area contributed by atoms with Crippen molar-refractivity contribution in [3.8, 4) is 5.75 Å².